The molecule has 13 heavy (non-hydrogen) atoms. The molecule has 0 radical (unpaired) electrons. The van der Waals surface area contributed by atoms with Crippen molar-refractivity contribution in [2.24, 2.45) is 0 Å². The van der Waals surface area contributed by atoms with E-state index in [0.717, 1.165) is 5.69 Å². The molecule has 1 amide bonds. The van der Waals surface area contributed by atoms with Gasteiger partial charge in [-0.2, -0.15) is 0 Å². The number of pyridine rings is 1. The predicted molar refractivity (Wildman–Crippen MR) is 49.0 cm³/mol. The third kappa shape index (κ3) is 1.61. The Morgan fingerprint density at radius 1 is 1.62 bits per heavy atom. The Morgan fingerprint density at radius 3 is 3.08 bits per heavy atom. The molecule has 0 aliphatic carbocycles. The molecular formula is C9H11N3O. The minimum atomic E-state index is 0.0919. The quantitative estimate of drug-likeness (QED) is 0.646. The number of anilines is 1. The highest BCUT2D eigenvalue weighted by Gasteiger charge is 2.23. The van der Waals surface area contributed by atoms with Crippen LogP contribution < -0.4 is 11.1 Å². The molecule has 0 bridgehead atoms. The standard InChI is InChI=1S/C9H11N3O/c10-7-1-2-11-8(4-7)6-3-9(13)12-5-6/h1-2,4,6H,3,5H2,(H2,10,11)(H,12,13)/t6-/m1/s1. The van der Waals surface area contributed by atoms with Gasteiger partial charge in [0.25, 0.3) is 0 Å². The maximum Gasteiger partial charge on any atom is 0.220 e. The van der Waals surface area contributed by atoms with Crippen LogP contribution in [0.2, 0.25) is 0 Å². The molecule has 1 aromatic heterocycles. The van der Waals surface area contributed by atoms with Gasteiger partial charge in [-0.1, -0.05) is 0 Å². The predicted octanol–water partition coefficient (Wildman–Crippen LogP) is 0.267. The molecule has 68 valence electrons. The zero-order chi connectivity index (χ0) is 9.26. The average Bonchev–Trinajstić information content (AvgIpc) is 2.52. The van der Waals surface area contributed by atoms with Crippen LogP contribution >= 0.6 is 0 Å². The SMILES string of the molecule is Nc1ccnc([C@H]2CNC(=O)C2)c1. The maximum absolute atomic E-state index is 10.9. The fourth-order valence-corrected chi connectivity index (χ4v) is 1.50. The highest BCUT2D eigenvalue weighted by Crippen LogP contribution is 2.21. The van der Waals surface area contributed by atoms with Crippen LogP contribution in [-0.4, -0.2) is 17.4 Å². The normalized spacial score (nSPS) is 21.5. The van der Waals surface area contributed by atoms with Crippen LogP contribution in [0.25, 0.3) is 0 Å². The lowest BCUT2D eigenvalue weighted by atomic mass is 10.0. The van der Waals surface area contributed by atoms with Crippen molar-refractivity contribution in [3.8, 4) is 0 Å². The molecular weight excluding hydrogens is 166 g/mol. The van der Waals surface area contributed by atoms with Gasteiger partial charge in [0.05, 0.1) is 0 Å². The third-order valence-corrected chi connectivity index (χ3v) is 2.20. The van der Waals surface area contributed by atoms with Crippen LogP contribution in [0.5, 0.6) is 0 Å². The highest BCUT2D eigenvalue weighted by atomic mass is 16.1. The first-order valence-electron chi connectivity index (χ1n) is 4.24. The number of carbonyl (C=O) groups is 1. The molecule has 2 heterocycles. The summed E-state index contributed by atoms with van der Waals surface area (Å²) >= 11 is 0. The van der Waals surface area contributed by atoms with Gasteiger partial charge in [-0.05, 0) is 12.1 Å². The van der Waals surface area contributed by atoms with E-state index in [4.69, 9.17) is 5.73 Å². The summed E-state index contributed by atoms with van der Waals surface area (Å²) in [4.78, 5) is 15.1. The lowest BCUT2D eigenvalue weighted by Crippen LogP contribution is -2.13. The number of nitrogens with zero attached hydrogens (tertiary/aromatic N) is 1. The van der Waals surface area contributed by atoms with Crippen LogP contribution in [0.1, 0.15) is 18.0 Å². The zero-order valence-electron chi connectivity index (χ0n) is 7.16. The minimum Gasteiger partial charge on any atom is -0.399 e. The second kappa shape index (κ2) is 3.05. The van der Waals surface area contributed by atoms with E-state index in [9.17, 15) is 4.79 Å². The van der Waals surface area contributed by atoms with Gasteiger partial charge in [0, 0.05) is 36.5 Å². The molecule has 1 aliphatic heterocycles. The van der Waals surface area contributed by atoms with Gasteiger partial charge in [-0.25, -0.2) is 0 Å². The molecule has 2 rings (SSSR count). The Hall–Kier alpha value is -1.58. The molecule has 0 aromatic carbocycles. The van der Waals surface area contributed by atoms with Crippen LogP contribution in [0.3, 0.4) is 0 Å². The first-order chi connectivity index (χ1) is 6.25. The summed E-state index contributed by atoms with van der Waals surface area (Å²) in [5.74, 6) is 0.283. The van der Waals surface area contributed by atoms with Gasteiger partial charge in [0.1, 0.15) is 0 Å². The minimum absolute atomic E-state index is 0.0919. The molecule has 0 unspecified atom stereocenters. The number of hydrogen-bond acceptors (Lipinski definition) is 3. The van der Waals surface area contributed by atoms with Crippen LogP contribution in [0.4, 0.5) is 5.69 Å². The van der Waals surface area contributed by atoms with Crippen molar-refractivity contribution in [3.63, 3.8) is 0 Å². The molecule has 4 heteroatoms. The second-order valence-electron chi connectivity index (χ2n) is 3.22. The number of aromatic nitrogens is 1. The monoisotopic (exact) mass is 177 g/mol. The zero-order valence-corrected chi connectivity index (χ0v) is 7.16. The fourth-order valence-electron chi connectivity index (χ4n) is 1.50. The summed E-state index contributed by atoms with van der Waals surface area (Å²) in [6.07, 6.45) is 2.20. The van der Waals surface area contributed by atoms with Crippen LogP contribution in [-0.2, 0) is 4.79 Å². The first-order valence-corrected chi connectivity index (χ1v) is 4.24. The molecule has 1 saturated heterocycles. The van der Waals surface area contributed by atoms with Gasteiger partial charge < -0.3 is 11.1 Å². The lowest BCUT2D eigenvalue weighted by molar-refractivity contribution is -0.119. The van der Waals surface area contributed by atoms with Crippen molar-refractivity contribution < 1.29 is 4.79 Å². The lowest BCUT2D eigenvalue weighted by Gasteiger charge is -2.06. The molecule has 3 N–H and O–H groups in total. The Bertz CT molecular complexity index is 337. The Balaban J connectivity index is 2.21. The summed E-state index contributed by atoms with van der Waals surface area (Å²) in [6.45, 7) is 0.676. The molecule has 0 spiro atoms. The van der Waals surface area contributed by atoms with E-state index in [2.05, 4.69) is 10.3 Å². The van der Waals surface area contributed by atoms with Gasteiger partial charge in [0.2, 0.25) is 5.91 Å². The van der Waals surface area contributed by atoms with E-state index < -0.39 is 0 Å². The topological polar surface area (TPSA) is 68.0 Å². The van der Waals surface area contributed by atoms with Crippen molar-refractivity contribution in [1.29, 1.82) is 0 Å². The van der Waals surface area contributed by atoms with Gasteiger partial charge in [-0.15, -0.1) is 0 Å². The number of nitrogens with two attached hydrogens (primary N) is 1. The smallest absolute Gasteiger partial charge is 0.220 e. The molecule has 1 aromatic rings. The summed E-state index contributed by atoms with van der Waals surface area (Å²) < 4.78 is 0. The summed E-state index contributed by atoms with van der Waals surface area (Å²) in [6, 6.07) is 3.57. The number of hydrogen-bond donors (Lipinski definition) is 2. The molecule has 1 aliphatic rings. The van der Waals surface area contributed by atoms with E-state index in [1.165, 1.54) is 0 Å². The van der Waals surface area contributed by atoms with Crippen molar-refractivity contribution in [2.75, 3.05) is 12.3 Å². The average molecular weight is 177 g/mol. The van der Waals surface area contributed by atoms with E-state index >= 15 is 0 Å². The molecule has 1 atom stereocenters. The van der Waals surface area contributed by atoms with Crippen LogP contribution in [0.15, 0.2) is 18.3 Å². The van der Waals surface area contributed by atoms with E-state index in [1.54, 1.807) is 12.3 Å². The number of nitrogens with one attached hydrogen (secondary N) is 1. The largest absolute Gasteiger partial charge is 0.399 e. The summed E-state index contributed by atoms with van der Waals surface area (Å²) in [7, 11) is 0. The molecule has 0 saturated carbocycles. The number of nitrogen functional groups attached to an aromatic ring is 1. The second-order valence-corrected chi connectivity index (χ2v) is 3.22. The molecule has 1 fully saturated rings. The fraction of sp³-hybridized carbons (Fsp3) is 0.333. The van der Waals surface area contributed by atoms with Crippen molar-refractivity contribution in [3.05, 3.63) is 24.0 Å². The number of amides is 1. The number of rotatable bonds is 1. The van der Waals surface area contributed by atoms with Gasteiger partial charge in [0.15, 0.2) is 0 Å². The highest BCUT2D eigenvalue weighted by molar-refractivity contribution is 5.79. The Morgan fingerprint density at radius 2 is 2.46 bits per heavy atom. The van der Waals surface area contributed by atoms with E-state index in [-0.39, 0.29) is 11.8 Å². The van der Waals surface area contributed by atoms with Crippen molar-refractivity contribution in [2.45, 2.75) is 12.3 Å². The number of carbonyl (C=O) groups excluding carboxylic acids is 1. The maximum atomic E-state index is 10.9. The first kappa shape index (κ1) is 8.04. The van der Waals surface area contributed by atoms with E-state index in [0.29, 0.717) is 18.7 Å². The Labute approximate surface area is 76.2 Å². The Kier molecular flexibility index (Phi) is 1.88. The van der Waals surface area contributed by atoms with Crippen LogP contribution in [0, 0.1) is 0 Å². The summed E-state index contributed by atoms with van der Waals surface area (Å²) in [5, 5.41) is 2.77. The third-order valence-electron chi connectivity index (χ3n) is 2.20. The van der Waals surface area contributed by atoms with Gasteiger partial charge in [-0.3, -0.25) is 9.78 Å². The van der Waals surface area contributed by atoms with Gasteiger partial charge >= 0.3 is 0 Å². The van der Waals surface area contributed by atoms with E-state index in [1.807, 2.05) is 6.07 Å². The van der Waals surface area contributed by atoms with Crippen molar-refractivity contribution >= 4 is 11.6 Å². The summed E-state index contributed by atoms with van der Waals surface area (Å²) in [5.41, 5.74) is 7.22. The van der Waals surface area contributed by atoms with Crippen molar-refractivity contribution in [1.82, 2.24) is 10.3 Å². The molecule has 4 nitrogen and oxygen atoms in total.